The smallest absolute Gasteiger partial charge is 0.337 e. The molecule has 3 heterocycles. The van der Waals surface area contributed by atoms with E-state index in [0.29, 0.717) is 23.0 Å². The van der Waals surface area contributed by atoms with E-state index in [2.05, 4.69) is 20.1 Å². The Morgan fingerprint density at radius 1 is 1.17 bits per heavy atom. The number of carboxylic acids is 1. The zero-order chi connectivity index (χ0) is 17.1. The lowest BCUT2D eigenvalue weighted by Gasteiger charge is -2.06. The van der Waals surface area contributed by atoms with Gasteiger partial charge < -0.3 is 14.4 Å². The Labute approximate surface area is 137 Å². The van der Waals surface area contributed by atoms with Crippen molar-refractivity contribution in [2.24, 2.45) is 0 Å². The Balaban J connectivity index is 1.79. The lowest BCUT2D eigenvalue weighted by molar-refractivity contribution is 0.0696. The molecule has 0 aliphatic rings. The van der Waals surface area contributed by atoms with Crippen molar-refractivity contribution in [3.8, 4) is 17.3 Å². The second-order valence-corrected chi connectivity index (χ2v) is 5.09. The van der Waals surface area contributed by atoms with Gasteiger partial charge in [-0.15, -0.1) is 0 Å². The minimum Gasteiger partial charge on any atom is -0.478 e. The first-order valence-electron chi connectivity index (χ1n) is 7.11. The van der Waals surface area contributed by atoms with Crippen molar-refractivity contribution < 1.29 is 19.2 Å². The lowest BCUT2D eigenvalue weighted by atomic mass is 10.1. The van der Waals surface area contributed by atoms with Crippen LogP contribution in [-0.4, -0.2) is 31.2 Å². The Kier molecular flexibility index (Phi) is 4.19. The highest BCUT2D eigenvalue weighted by Crippen LogP contribution is 2.24. The van der Waals surface area contributed by atoms with Crippen molar-refractivity contribution in [3.63, 3.8) is 0 Å². The summed E-state index contributed by atoms with van der Waals surface area (Å²) in [7, 11) is 0. The molecule has 1 N–H and O–H groups in total. The van der Waals surface area contributed by atoms with Crippen LogP contribution in [0.15, 0.2) is 35.2 Å². The van der Waals surface area contributed by atoms with E-state index in [0.717, 1.165) is 11.3 Å². The molecule has 0 fully saturated rings. The second-order valence-electron chi connectivity index (χ2n) is 5.09. The minimum absolute atomic E-state index is 0.0964. The number of ether oxygens (including phenoxy) is 1. The summed E-state index contributed by atoms with van der Waals surface area (Å²) < 4.78 is 10.8. The molecular formula is C16H14N4O4. The van der Waals surface area contributed by atoms with E-state index in [1.807, 2.05) is 6.92 Å². The third-order valence-corrected chi connectivity index (χ3v) is 3.36. The summed E-state index contributed by atoms with van der Waals surface area (Å²) in [5.74, 6) is -0.125. The summed E-state index contributed by atoms with van der Waals surface area (Å²) in [6, 6.07) is 2.93. The van der Waals surface area contributed by atoms with Crippen LogP contribution in [0.3, 0.4) is 0 Å². The van der Waals surface area contributed by atoms with E-state index < -0.39 is 5.97 Å². The van der Waals surface area contributed by atoms with Gasteiger partial charge in [0, 0.05) is 18.5 Å². The quantitative estimate of drug-likeness (QED) is 0.761. The summed E-state index contributed by atoms with van der Waals surface area (Å²) in [6.07, 6.45) is 4.51. The van der Waals surface area contributed by atoms with Gasteiger partial charge in [0.2, 0.25) is 5.88 Å². The van der Waals surface area contributed by atoms with Gasteiger partial charge >= 0.3 is 5.97 Å². The molecule has 0 unspecified atom stereocenters. The highest BCUT2D eigenvalue weighted by atomic mass is 16.5. The number of carboxylic acid groups (broad SMARTS) is 1. The van der Waals surface area contributed by atoms with Crippen molar-refractivity contribution in [2.45, 2.75) is 20.5 Å². The summed E-state index contributed by atoms with van der Waals surface area (Å²) in [4.78, 5) is 23.3. The maximum atomic E-state index is 10.8. The highest BCUT2D eigenvalue weighted by molar-refractivity contribution is 5.87. The van der Waals surface area contributed by atoms with Crippen molar-refractivity contribution in [1.82, 2.24) is 20.1 Å². The van der Waals surface area contributed by atoms with Gasteiger partial charge in [0.15, 0.2) is 0 Å². The molecular weight excluding hydrogens is 312 g/mol. The van der Waals surface area contributed by atoms with Crippen LogP contribution in [0.25, 0.3) is 11.4 Å². The van der Waals surface area contributed by atoms with E-state index >= 15 is 0 Å². The van der Waals surface area contributed by atoms with Crippen molar-refractivity contribution in [3.05, 3.63) is 53.3 Å². The van der Waals surface area contributed by atoms with Crippen LogP contribution < -0.4 is 4.74 Å². The Morgan fingerprint density at radius 2 is 2.00 bits per heavy atom. The van der Waals surface area contributed by atoms with Gasteiger partial charge in [0.25, 0.3) is 0 Å². The summed E-state index contributed by atoms with van der Waals surface area (Å²) in [5.41, 5.74) is 2.78. The third-order valence-electron chi connectivity index (χ3n) is 3.36. The maximum Gasteiger partial charge on any atom is 0.337 e. The van der Waals surface area contributed by atoms with Crippen molar-refractivity contribution in [1.29, 1.82) is 0 Å². The molecule has 0 amide bonds. The Hall–Kier alpha value is -3.29. The van der Waals surface area contributed by atoms with Gasteiger partial charge in [-0.05, 0) is 19.9 Å². The zero-order valence-corrected chi connectivity index (χ0v) is 13.1. The molecule has 0 bridgehead atoms. The largest absolute Gasteiger partial charge is 0.478 e. The number of carbonyl (C=O) groups is 1. The summed E-state index contributed by atoms with van der Waals surface area (Å²) >= 11 is 0. The molecule has 0 atom stereocenters. The van der Waals surface area contributed by atoms with Crippen LogP contribution in [0, 0.1) is 13.8 Å². The van der Waals surface area contributed by atoms with E-state index in [-0.39, 0.29) is 12.2 Å². The number of pyridine rings is 1. The van der Waals surface area contributed by atoms with Crippen LogP contribution in [0.5, 0.6) is 5.88 Å². The molecule has 3 rings (SSSR count). The van der Waals surface area contributed by atoms with Gasteiger partial charge in [-0.1, -0.05) is 5.16 Å². The van der Waals surface area contributed by atoms with Crippen LogP contribution >= 0.6 is 0 Å². The molecule has 3 aromatic heterocycles. The summed E-state index contributed by atoms with van der Waals surface area (Å²) in [6.45, 7) is 3.79. The molecule has 0 spiro atoms. The predicted molar refractivity (Wildman–Crippen MR) is 82.5 cm³/mol. The molecule has 0 saturated heterocycles. The number of aromatic carboxylic acids is 1. The first kappa shape index (κ1) is 15.6. The van der Waals surface area contributed by atoms with Crippen LogP contribution in [0.1, 0.15) is 27.4 Å². The predicted octanol–water partition coefficient (Wildman–Crippen LogP) is 2.42. The first-order valence-corrected chi connectivity index (χ1v) is 7.11. The maximum absolute atomic E-state index is 10.8. The van der Waals surface area contributed by atoms with Crippen molar-refractivity contribution in [2.75, 3.05) is 0 Å². The fourth-order valence-electron chi connectivity index (χ4n) is 2.02. The van der Waals surface area contributed by atoms with Crippen LogP contribution in [-0.2, 0) is 6.61 Å². The van der Waals surface area contributed by atoms with Crippen molar-refractivity contribution >= 4 is 5.97 Å². The fraction of sp³-hybridized carbons (Fsp3) is 0.188. The molecule has 8 nitrogen and oxygen atoms in total. The number of hydrogen-bond donors (Lipinski definition) is 1. The Morgan fingerprint density at radius 3 is 2.62 bits per heavy atom. The normalized spacial score (nSPS) is 10.6. The topological polar surface area (TPSA) is 111 Å². The number of rotatable bonds is 5. The molecule has 0 radical (unpaired) electrons. The van der Waals surface area contributed by atoms with Gasteiger partial charge in [-0.3, -0.25) is 9.97 Å². The van der Waals surface area contributed by atoms with Gasteiger partial charge in [0.05, 0.1) is 23.0 Å². The number of nitrogens with zero attached hydrogens (tertiary/aromatic N) is 4. The number of aryl methyl sites for hydroxylation is 2. The molecule has 0 aromatic carbocycles. The highest BCUT2D eigenvalue weighted by Gasteiger charge is 2.17. The zero-order valence-electron chi connectivity index (χ0n) is 13.1. The standard InChI is InChI=1S/C16H14N4O4/c1-9-5-18-13(7-17-9)15-12(10(2)24-20-15)8-23-14-4-3-11(6-19-14)16(21)22/h3-7H,8H2,1-2H3,(H,21,22). The summed E-state index contributed by atoms with van der Waals surface area (Å²) in [5, 5.41) is 12.9. The molecule has 8 heteroatoms. The molecule has 0 saturated carbocycles. The molecule has 0 aliphatic heterocycles. The van der Waals surface area contributed by atoms with E-state index in [1.54, 1.807) is 19.3 Å². The molecule has 3 aromatic rings. The van der Waals surface area contributed by atoms with E-state index in [1.165, 1.54) is 18.3 Å². The fourth-order valence-corrected chi connectivity index (χ4v) is 2.02. The van der Waals surface area contributed by atoms with Gasteiger partial charge in [-0.2, -0.15) is 0 Å². The van der Waals surface area contributed by atoms with Crippen LogP contribution in [0.2, 0.25) is 0 Å². The monoisotopic (exact) mass is 326 g/mol. The van der Waals surface area contributed by atoms with Gasteiger partial charge in [0.1, 0.15) is 23.8 Å². The van der Waals surface area contributed by atoms with Crippen LogP contribution in [0.4, 0.5) is 0 Å². The average Bonchev–Trinajstić information content (AvgIpc) is 2.95. The molecule has 0 aliphatic carbocycles. The Bertz CT molecular complexity index is 857. The molecule has 24 heavy (non-hydrogen) atoms. The minimum atomic E-state index is -1.04. The van der Waals surface area contributed by atoms with E-state index in [4.69, 9.17) is 14.4 Å². The number of aromatic nitrogens is 4. The lowest BCUT2D eigenvalue weighted by Crippen LogP contribution is -2.02. The van der Waals surface area contributed by atoms with E-state index in [9.17, 15) is 4.79 Å². The SMILES string of the molecule is Cc1cnc(-c2noc(C)c2COc2ccc(C(=O)O)cn2)cn1. The number of hydrogen-bond acceptors (Lipinski definition) is 7. The average molecular weight is 326 g/mol. The second kappa shape index (κ2) is 6.45. The van der Waals surface area contributed by atoms with Gasteiger partial charge in [-0.25, -0.2) is 9.78 Å². The molecule has 122 valence electrons. The first-order chi connectivity index (χ1) is 11.5. The third kappa shape index (κ3) is 3.22.